The molecule has 1 N–H and O–H groups in total. The van der Waals surface area contributed by atoms with Crippen LogP contribution in [-0.2, 0) is 13.7 Å². The number of benzene rings is 1. The van der Waals surface area contributed by atoms with Crippen molar-refractivity contribution in [3.05, 3.63) is 64.7 Å². The van der Waals surface area contributed by atoms with Crippen molar-refractivity contribution in [3.8, 4) is 17.1 Å². The van der Waals surface area contributed by atoms with E-state index in [-0.39, 0.29) is 18.1 Å². The number of hydrogen-bond acceptors (Lipinski definition) is 7. The normalized spacial score (nSPS) is 10.9. The number of halogens is 1. The predicted octanol–water partition coefficient (Wildman–Crippen LogP) is 3.81. The molecule has 8 nitrogen and oxygen atoms in total. The predicted molar refractivity (Wildman–Crippen MR) is 104 cm³/mol. The molecule has 10 heteroatoms. The molecule has 0 fully saturated rings. The number of thiazole rings is 1. The zero-order valence-corrected chi connectivity index (χ0v) is 16.4. The van der Waals surface area contributed by atoms with Crippen molar-refractivity contribution in [3.63, 3.8) is 0 Å². The summed E-state index contributed by atoms with van der Waals surface area (Å²) in [6.45, 7) is 1.60. The Morgan fingerprint density at radius 1 is 1.34 bits per heavy atom. The number of aryl methyl sites for hydroxylation is 2. The highest BCUT2D eigenvalue weighted by molar-refractivity contribution is 7.14. The summed E-state index contributed by atoms with van der Waals surface area (Å²) in [6.07, 6.45) is 1.67. The van der Waals surface area contributed by atoms with Gasteiger partial charge in [-0.05, 0) is 25.1 Å². The topological polar surface area (TPSA) is 95.1 Å². The minimum absolute atomic E-state index is 0.0584. The van der Waals surface area contributed by atoms with Crippen LogP contribution in [0.1, 0.15) is 21.8 Å². The van der Waals surface area contributed by atoms with E-state index < -0.39 is 11.7 Å². The Balaban J connectivity index is 1.49. The minimum atomic E-state index is -0.488. The molecule has 0 aliphatic heterocycles. The van der Waals surface area contributed by atoms with Crippen LogP contribution >= 0.6 is 11.3 Å². The average Bonchev–Trinajstić information content (AvgIpc) is 3.41. The second-order valence-corrected chi connectivity index (χ2v) is 6.98. The fourth-order valence-electron chi connectivity index (χ4n) is 2.68. The number of para-hydroxylation sites is 1. The van der Waals surface area contributed by atoms with Crippen LogP contribution in [0.15, 0.2) is 46.4 Å². The van der Waals surface area contributed by atoms with Gasteiger partial charge < -0.3 is 9.26 Å². The van der Waals surface area contributed by atoms with Crippen LogP contribution < -0.4 is 10.1 Å². The molecular weight excluding hydrogens is 397 g/mol. The van der Waals surface area contributed by atoms with Gasteiger partial charge in [0.25, 0.3) is 5.91 Å². The second kappa shape index (κ2) is 7.84. The number of nitrogens with one attached hydrogen (secondary N) is 1. The zero-order valence-electron chi connectivity index (χ0n) is 15.5. The third kappa shape index (κ3) is 3.87. The van der Waals surface area contributed by atoms with Crippen LogP contribution in [0.25, 0.3) is 11.4 Å². The average molecular weight is 413 g/mol. The lowest BCUT2D eigenvalue weighted by molar-refractivity contribution is 0.101. The van der Waals surface area contributed by atoms with Crippen molar-refractivity contribution in [1.29, 1.82) is 0 Å². The lowest BCUT2D eigenvalue weighted by Gasteiger charge is -2.07. The molecule has 0 spiro atoms. The van der Waals surface area contributed by atoms with E-state index in [0.29, 0.717) is 22.1 Å². The molecular formula is C19H16FN5O3S. The van der Waals surface area contributed by atoms with Gasteiger partial charge >= 0.3 is 0 Å². The van der Waals surface area contributed by atoms with Gasteiger partial charge in [-0.1, -0.05) is 17.3 Å². The van der Waals surface area contributed by atoms with Gasteiger partial charge in [0.1, 0.15) is 18.1 Å². The smallest absolute Gasteiger partial charge is 0.280 e. The summed E-state index contributed by atoms with van der Waals surface area (Å²) in [6, 6.07) is 7.87. The molecule has 0 aliphatic carbocycles. The molecule has 0 aliphatic rings. The summed E-state index contributed by atoms with van der Waals surface area (Å²) in [7, 11) is 1.81. The Hall–Kier alpha value is -3.53. The van der Waals surface area contributed by atoms with Gasteiger partial charge in [-0.25, -0.2) is 9.37 Å². The summed E-state index contributed by atoms with van der Waals surface area (Å²) in [4.78, 5) is 17.1. The van der Waals surface area contributed by atoms with Crippen LogP contribution in [0.2, 0.25) is 0 Å². The zero-order chi connectivity index (χ0) is 20.4. The molecule has 0 atom stereocenters. The molecule has 148 valence electrons. The van der Waals surface area contributed by atoms with E-state index in [0.717, 1.165) is 5.69 Å². The number of ether oxygens (including phenoxy) is 1. The molecule has 0 unspecified atom stereocenters. The number of hydrogen-bond donors (Lipinski definition) is 1. The number of aromatic nitrogens is 4. The van der Waals surface area contributed by atoms with Crippen LogP contribution in [0.3, 0.4) is 0 Å². The van der Waals surface area contributed by atoms with Crippen molar-refractivity contribution in [2.75, 3.05) is 5.32 Å². The van der Waals surface area contributed by atoms with Gasteiger partial charge in [-0.15, -0.1) is 11.3 Å². The standard InChI is InChI=1S/C19H16FN5O3S/c1-11-12(9-27-16-6-4-3-5-13(16)20)17(24-28-11)18(26)23-19-22-14(10-29-19)15-7-8-21-25(15)2/h3-8,10H,9H2,1-2H3,(H,22,23,26). The molecule has 3 heterocycles. The first kappa shape index (κ1) is 18.8. The first-order chi connectivity index (χ1) is 14.0. The molecule has 0 radical (unpaired) electrons. The third-order valence-corrected chi connectivity index (χ3v) is 4.97. The monoisotopic (exact) mass is 413 g/mol. The summed E-state index contributed by atoms with van der Waals surface area (Å²) < 4.78 is 26.1. The molecule has 1 amide bonds. The van der Waals surface area contributed by atoms with E-state index in [4.69, 9.17) is 9.26 Å². The molecule has 1 aromatic carbocycles. The molecule has 29 heavy (non-hydrogen) atoms. The maximum atomic E-state index is 13.8. The molecule has 4 aromatic rings. The van der Waals surface area contributed by atoms with Crippen molar-refractivity contribution in [2.24, 2.45) is 7.05 Å². The van der Waals surface area contributed by atoms with Gasteiger partial charge in [0.2, 0.25) is 0 Å². The highest BCUT2D eigenvalue weighted by Gasteiger charge is 2.22. The Bertz CT molecular complexity index is 1170. The third-order valence-electron chi connectivity index (χ3n) is 4.22. The van der Waals surface area contributed by atoms with E-state index >= 15 is 0 Å². The quantitative estimate of drug-likeness (QED) is 0.516. The van der Waals surface area contributed by atoms with Gasteiger partial charge in [0.15, 0.2) is 22.4 Å². The van der Waals surface area contributed by atoms with Crippen LogP contribution in [0.4, 0.5) is 9.52 Å². The number of rotatable bonds is 6. The van der Waals surface area contributed by atoms with Gasteiger partial charge in [-0.3, -0.25) is 14.8 Å². The maximum absolute atomic E-state index is 13.8. The largest absolute Gasteiger partial charge is 0.486 e. The maximum Gasteiger partial charge on any atom is 0.280 e. The Morgan fingerprint density at radius 3 is 2.93 bits per heavy atom. The summed E-state index contributed by atoms with van der Waals surface area (Å²) in [5.41, 5.74) is 2.04. The Labute approximate surface area is 168 Å². The van der Waals surface area contributed by atoms with E-state index in [1.54, 1.807) is 29.9 Å². The van der Waals surface area contributed by atoms with Crippen molar-refractivity contribution < 1.29 is 18.4 Å². The molecule has 0 bridgehead atoms. The number of anilines is 1. The van der Waals surface area contributed by atoms with E-state index in [9.17, 15) is 9.18 Å². The van der Waals surface area contributed by atoms with Crippen molar-refractivity contribution >= 4 is 22.4 Å². The fourth-order valence-corrected chi connectivity index (χ4v) is 3.38. The Kier molecular flexibility index (Phi) is 5.09. The minimum Gasteiger partial charge on any atom is -0.486 e. The summed E-state index contributed by atoms with van der Waals surface area (Å²) in [5.74, 6) is -0.473. The van der Waals surface area contributed by atoms with Gasteiger partial charge in [0.05, 0.1) is 11.3 Å². The second-order valence-electron chi connectivity index (χ2n) is 6.12. The molecule has 0 saturated carbocycles. The van der Waals surface area contributed by atoms with E-state index in [1.807, 2.05) is 18.5 Å². The number of nitrogens with zero attached hydrogens (tertiary/aromatic N) is 4. The summed E-state index contributed by atoms with van der Waals surface area (Å²) >= 11 is 1.28. The molecule has 3 aromatic heterocycles. The Morgan fingerprint density at radius 2 is 2.17 bits per heavy atom. The van der Waals surface area contributed by atoms with Crippen LogP contribution in [0.5, 0.6) is 5.75 Å². The fraction of sp³-hybridized carbons (Fsp3) is 0.158. The SMILES string of the molecule is Cc1onc(C(=O)Nc2nc(-c3ccnn3C)cs2)c1COc1ccccc1F. The van der Waals surface area contributed by atoms with Crippen LogP contribution in [-0.4, -0.2) is 25.8 Å². The van der Waals surface area contributed by atoms with Gasteiger partial charge in [0, 0.05) is 18.6 Å². The van der Waals surface area contributed by atoms with E-state index in [2.05, 4.69) is 20.6 Å². The first-order valence-corrected chi connectivity index (χ1v) is 9.48. The highest BCUT2D eigenvalue weighted by Crippen LogP contribution is 2.25. The number of amides is 1. The number of carbonyl (C=O) groups excluding carboxylic acids is 1. The highest BCUT2D eigenvalue weighted by atomic mass is 32.1. The molecule has 4 rings (SSSR count). The summed E-state index contributed by atoms with van der Waals surface area (Å²) in [5, 5.41) is 12.9. The lowest BCUT2D eigenvalue weighted by atomic mass is 10.2. The first-order valence-electron chi connectivity index (χ1n) is 8.60. The van der Waals surface area contributed by atoms with Crippen molar-refractivity contribution in [2.45, 2.75) is 13.5 Å². The van der Waals surface area contributed by atoms with Crippen LogP contribution in [0, 0.1) is 12.7 Å². The molecule has 0 saturated heterocycles. The van der Waals surface area contributed by atoms with Gasteiger partial charge in [-0.2, -0.15) is 5.10 Å². The lowest BCUT2D eigenvalue weighted by Crippen LogP contribution is -2.15. The number of carbonyl (C=O) groups is 1. The van der Waals surface area contributed by atoms with Crippen molar-refractivity contribution in [1.82, 2.24) is 19.9 Å². The van der Waals surface area contributed by atoms with E-state index in [1.165, 1.54) is 23.5 Å².